The SMILES string of the molecule is N#CC1(NC(=O)COC(=O)C2CCN(S(=O)(=O)c3ccc(F)cc3)CC2)CCCC1. The number of amides is 1. The Morgan fingerprint density at radius 3 is 2.37 bits per heavy atom. The van der Waals surface area contributed by atoms with Crippen molar-refractivity contribution in [2.24, 2.45) is 5.92 Å². The van der Waals surface area contributed by atoms with Gasteiger partial charge in [0.15, 0.2) is 6.61 Å². The number of carbonyl (C=O) groups excluding carboxylic acids is 2. The molecular weight excluding hydrogens is 413 g/mol. The van der Waals surface area contributed by atoms with Gasteiger partial charge in [-0.1, -0.05) is 0 Å². The van der Waals surface area contributed by atoms with Gasteiger partial charge in [0.2, 0.25) is 10.0 Å². The Labute approximate surface area is 175 Å². The number of rotatable bonds is 6. The quantitative estimate of drug-likeness (QED) is 0.678. The van der Waals surface area contributed by atoms with Crippen LogP contribution in [0.3, 0.4) is 0 Å². The molecule has 0 unspecified atom stereocenters. The van der Waals surface area contributed by atoms with Crippen molar-refractivity contribution in [3.05, 3.63) is 30.1 Å². The molecule has 1 amide bonds. The summed E-state index contributed by atoms with van der Waals surface area (Å²) in [4.78, 5) is 24.3. The van der Waals surface area contributed by atoms with E-state index in [1.165, 1.54) is 16.4 Å². The first-order chi connectivity index (χ1) is 14.3. The molecule has 0 radical (unpaired) electrons. The van der Waals surface area contributed by atoms with Crippen LogP contribution in [0.25, 0.3) is 0 Å². The molecule has 162 valence electrons. The van der Waals surface area contributed by atoms with Crippen molar-refractivity contribution in [2.75, 3.05) is 19.7 Å². The third kappa shape index (κ3) is 4.96. The highest BCUT2D eigenvalue weighted by Gasteiger charge is 2.36. The molecule has 1 saturated heterocycles. The van der Waals surface area contributed by atoms with E-state index in [2.05, 4.69) is 11.4 Å². The van der Waals surface area contributed by atoms with Crippen molar-refractivity contribution in [1.29, 1.82) is 5.26 Å². The fourth-order valence-electron chi connectivity index (χ4n) is 3.89. The van der Waals surface area contributed by atoms with E-state index >= 15 is 0 Å². The number of esters is 1. The molecule has 2 aliphatic rings. The van der Waals surface area contributed by atoms with E-state index in [0.29, 0.717) is 12.8 Å². The number of nitrogens with zero attached hydrogens (tertiary/aromatic N) is 2. The van der Waals surface area contributed by atoms with Gasteiger partial charge in [-0.15, -0.1) is 0 Å². The lowest BCUT2D eigenvalue weighted by Gasteiger charge is -2.30. The van der Waals surface area contributed by atoms with Crippen LogP contribution in [0.4, 0.5) is 4.39 Å². The Morgan fingerprint density at radius 1 is 1.20 bits per heavy atom. The Bertz CT molecular complexity index is 928. The van der Waals surface area contributed by atoms with E-state index < -0.39 is 45.8 Å². The molecule has 8 nitrogen and oxygen atoms in total. The number of benzene rings is 1. The second-order valence-corrected chi connectivity index (χ2v) is 9.63. The molecule has 1 saturated carbocycles. The van der Waals surface area contributed by atoms with E-state index in [4.69, 9.17) is 4.74 Å². The van der Waals surface area contributed by atoms with Gasteiger partial charge in [-0.2, -0.15) is 9.57 Å². The number of nitrogens with one attached hydrogen (secondary N) is 1. The van der Waals surface area contributed by atoms with E-state index in [1.807, 2.05) is 0 Å². The number of carbonyl (C=O) groups is 2. The first-order valence-electron chi connectivity index (χ1n) is 9.90. The first kappa shape index (κ1) is 22.2. The summed E-state index contributed by atoms with van der Waals surface area (Å²) in [5.74, 6) is -2.09. The lowest BCUT2D eigenvalue weighted by Crippen LogP contribution is -2.47. The topological polar surface area (TPSA) is 117 Å². The molecule has 1 aromatic rings. The van der Waals surface area contributed by atoms with E-state index in [9.17, 15) is 27.7 Å². The molecule has 1 aliphatic heterocycles. The monoisotopic (exact) mass is 437 g/mol. The van der Waals surface area contributed by atoms with Gasteiger partial charge in [-0.05, 0) is 62.8 Å². The lowest BCUT2D eigenvalue weighted by molar-refractivity contribution is -0.154. The molecule has 1 aliphatic carbocycles. The summed E-state index contributed by atoms with van der Waals surface area (Å²) < 4.78 is 44.6. The zero-order chi connectivity index (χ0) is 21.8. The van der Waals surface area contributed by atoms with Crippen molar-refractivity contribution < 1.29 is 27.1 Å². The number of halogens is 1. The third-order valence-electron chi connectivity index (χ3n) is 5.63. The average Bonchev–Trinajstić information content (AvgIpc) is 3.21. The third-order valence-corrected chi connectivity index (χ3v) is 7.55. The van der Waals surface area contributed by atoms with Gasteiger partial charge >= 0.3 is 5.97 Å². The lowest BCUT2D eigenvalue weighted by atomic mass is 9.98. The molecule has 10 heteroatoms. The molecule has 0 atom stereocenters. The van der Waals surface area contributed by atoms with Gasteiger partial charge in [0.1, 0.15) is 11.4 Å². The number of ether oxygens (including phenoxy) is 1. The summed E-state index contributed by atoms with van der Waals surface area (Å²) >= 11 is 0. The van der Waals surface area contributed by atoms with Crippen LogP contribution in [0.2, 0.25) is 0 Å². The standard InChI is InChI=1S/C20H24FN3O5S/c21-16-3-5-17(6-4-16)30(27,28)24-11-7-15(8-12-24)19(26)29-13-18(25)23-20(14-22)9-1-2-10-20/h3-6,15H,1-2,7-13H2,(H,23,25). The van der Waals surface area contributed by atoms with E-state index in [0.717, 1.165) is 25.0 Å². The fraction of sp³-hybridized carbons (Fsp3) is 0.550. The van der Waals surface area contributed by atoms with Crippen molar-refractivity contribution in [2.45, 2.75) is 49.0 Å². The van der Waals surface area contributed by atoms with Gasteiger partial charge in [0.05, 0.1) is 16.9 Å². The number of nitriles is 1. The summed E-state index contributed by atoms with van der Waals surface area (Å²) in [5.41, 5.74) is -0.871. The number of sulfonamides is 1. The summed E-state index contributed by atoms with van der Waals surface area (Å²) in [5, 5.41) is 11.9. The zero-order valence-electron chi connectivity index (χ0n) is 16.5. The largest absolute Gasteiger partial charge is 0.455 e. The molecule has 1 heterocycles. The molecular formula is C20H24FN3O5S. The van der Waals surface area contributed by atoms with Gasteiger partial charge in [-0.25, -0.2) is 12.8 Å². The maximum absolute atomic E-state index is 13.0. The van der Waals surface area contributed by atoms with Crippen LogP contribution in [0.5, 0.6) is 0 Å². The smallest absolute Gasteiger partial charge is 0.309 e. The van der Waals surface area contributed by atoms with Crippen LogP contribution in [0.15, 0.2) is 29.2 Å². The van der Waals surface area contributed by atoms with Crippen molar-refractivity contribution in [3.63, 3.8) is 0 Å². The minimum atomic E-state index is -3.76. The molecule has 1 N–H and O–H groups in total. The van der Waals surface area contributed by atoms with E-state index in [1.54, 1.807) is 0 Å². The summed E-state index contributed by atoms with van der Waals surface area (Å²) in [6.45, 7) is -0.206. The average molecular weight is 437 g/mol. The highest BCUT2D eigenvalue weighted by atomic mass is 32.2. The molecule has 1 aromatic carbocycles. The highest BCUT2D eigenvalue weighted by Crippen LogP contribution is 2.29. The second-order valence-electron chi connectivity index (χ2n) is 7.69. The van der Waals surface area contributed by atoms with Crippen LogP contribution in [-0.2, 0) is 24.3 Å². The molecule has 0 aromatic heterocycles. The van der Waals surface area contributed by atoms with Crippen LogP contribution < -0.4 is 5.32 Å². The van der Waals surface area contributed by atoms with Gasteiger partial charge in [0, 0.05) is 13.1 Å². The Kier molecular flexibility index (Phi) is 6.73. The maximum atomic E-state index is 13.0. The van der Waals surface area contributed by atoms with Crippen molar-refractivity contribution in [3.8, 4) is 6.07 Å². The van der Waals surface area contributed by atoms with Crippen LogP contribution in [-0.4, -0.2) is 49.8 Å². The van der Waals surface area contributed by atoms with Crippen LogP contribution >= 0.6 is 0 Å². The second kappa shape index (κ2) is 9.10. The Morgan fingerprint density at radius 2 is 1.80 bits per heavy atom. The zero-order valence-corrected chi connectivity index (χ0v) is 17.3. The first-order valence-corrected chi connectivity index (χ1v) is 11.3. The highest BCUT2D eigenvalue weighted by molar-refractivity contribution is 7.89. The van der Waals surface area contributed by atoms with Gasteiger partial charge in [-0.3, -0.25) is 9.59 Å². The van der Waals surface area contributed by atoms with Gasteiger partial charge in [0.25, 0.3) is 5.91 Å². The molecule has 0 spiro atoms. The van der Waals surface area contributed by atoms with Crippen molar-refractivity contribution in [1.82, 2.24) is 9.62 Å². The Balaban J connectivity index is 1.47. The maximum Gasteiger partial charge on any atom is 0.309 e. The molecule has 2 fully saturated rings. The fourth-order valence-corrected chi connectivity index (χ4v) is 5.36. The number of hydrogen-bond donors (Lipinski definition) is 1. The van der Waals surface area contributed by atoms with Crippen molar-refractivity contribution >= 4 is 21.9 Å². The molecule has 0 bridgehead atoms. The number of hydrogen-bond acceptors (Lipinski definition) is 6. The predicted molar refractivity (Wildman–Crippen MR) is 104 cm³/mol. The predicted octanol–water partition coefficient (Wildman–Crippen LogP) is 1.72. The summed E-state index contributed by atoms with van der Waals surface area (Å²) in [7, 11) is -3.76. The molecule has 3 rings (SSSR count). The minimum absolute atomic E-state index is 0.0000627. The Hall–Kier alpha value is -2.51. The molecule has 30 heavy (non-hydrogen) atoms. The van der Waals surface area contributed by atoms with Crippen LogP contribution in [0, 0.1) is 23.1 Å². The summed E-state index contributed by atoms with van der Waals surface area (Å²) in [6.07, 6.45) is 3.44. The van der Waals surface area contributed by atoms with E-state index in [-0.39, 0.29) is 30.8 Å². The summed E-state index contributed by atoms with van der Waals surface area (Å²) in [6, 6.07) is 6.73. The van der Waals surface area contributed by atoms with Gasteiger partial charge < -0.3 is 10.1 Å². The van der Waals surface area contributed by atoms with Crippen LogP contribution in [0.1, 0.15) is 38.5 Å². The minimum Gasteiger partial charge on any atom is -0.455 e. The normalized spacial score (nSPS) is 19.7. The number of piperidine rings is 1.